The van der Waals surface area contributed by atoms with Gasteiger partial charge in [-0.25, -0.2) is 22.9 Å². The van der Waals surface area contributed by atoms with Crippen molar-refractivity contribution < 1.29 is 32.2 Å². The van der Waals surface area contributed by atoms with Crippen molar-refractivity contribution in [2.75, 3.05) is 16.4 Å². The molecule has 1 N–H and O–H groups in total. The summed E-state index contributed by atoms with van der Waals surface area (Å²) in [6.07, 6.45) is 7.28. The zero-order valence-corrected chi connectivity index (χ0v) is 22.6. The van der Waals surface area contributed by atoms with Crippen LogP contribution in [0, 0.1) is 23.1 Å². The molecule has 6 atom stereocenters. The Kier molecular flexibility index (Phi) is 7.28. The molecule has 2 aromatic rings. The number of alkyl halides is 3. The number of cyclic esters (lactones) is 1. The molecule has 42 heavy (non-hydrogen) atoms. The molecule has 218 valence electrons. The number of hydrogen-bond donors (Lipinski definition) is 1. The zero-order chi connectivity index (χ0) is 29.6. The molecule has 2 aliphatic carbocycles. The Morgan fingerprint density at radius 1 is 1.26 bits per heavy atom. The molecule has 10 nitrogen and oxygen atoms in total. The number of nitrogens with one attached hydrogen (secondary N) is 1. The third-order valence-electron chi connectivity index (χ3n) is 7.65. The summed E-state index contributed by atoms with van der Waals surface area (Å²) in [6.45, 7) is -0.0775. The van der Waals surface area contributed by atoms with Gasteiger partial charge < -0.3 is 19.7 Å². The number of nitrogens with zero attached hydrogens (tertiary/aromatic N) is 5. The van der Waals surface area contributed by atoms with Crippen LogP contribution in [0.15, 0.2) is 61.1 Å². The van der Waals surface area contributed by atoms with Gasteiger partial charge in [0.1, 0.15) is 36.4 Å². The zero-order valence-electron chi connectivity index (χ0n) is 21.8. The van der Waals surface area contributed by atoms with Crippen LogP contribution in [-0.2, 0) is 14.3 Å². The number of epoxide rings is 1. The van der Waals surface area contributed by atoms with Gasteiger partial charge in [-0.05, 0) is 12.1 Å². The number of halogens is 4. The molecular weight excluding hydrogens is 577 g/mol. The quantitative estimate of drug-likeness (QED) is 0.360. The third kappa shape index (κ3) is 5.39. The van der Waals surface area contributed by atoms with Gasteiger partial charge in [-0.3, -0.25) is 14.7 Å². The highest BCUT2D eigenvalue weighted by Gasteiger charge is 2.58. The number of rotatable bonds is 8. The Morgan fingerprint density at radius 2 is 2.05 bits per heavy atom. The van der Waals surface area contributed by atoms with E-state index in [1.807, 2.05) is 6.07 Å². The molecule has 3 fully saturated rings. The molecular formula is C28H24ClF3N6O4. The fourth-order valence-electron chi connectivity index (χ4n) is 5.60. The number of allylic oxidation sites excluding steroid dienone is 3. The molecule has 1 saturated carbocycles. The lowest BCUT2D eigenvalue weighted by Crippen LogP contribution is -2.59. The van der Waals surface area contributed by atoms with E-state index >= 15 is 0 Å². The number of pyridine rings is 2. The molecule has 4 heterocycles. The Morgan fingerprint density at radius 3 is 2.76 bits per heavy atom. The lowest BCUT2D eigenvalue weighted by atomic mass is 9.86. The second kappa shape index (κ2) is 10.9. The topological polar surface area (TPSA) is 124 Å². The molecule has 0 aromatic carbocycles. The van der Waals surface area contributed by atoms with Crippen LogP contribution in [0.2, 0.25) is 0 Å². The van der Waals surface area contributed by atoms with Crippen molar-refractivity contribution in [1.29, 1.82) is 5.26 Å². The fourth-order valence-corrected chi connectivity index (χ4v) is 5.91. The molecule has 2 saturated heterocycles. The van der Waals surface area contributed by atoms with Gasteiger partial charge in [-0.1, -0.05) is 24.3 Å². The van der Waals surface area contributed by atoms with Crippen LogP contribution in [0.4, 0.5) is 29.5 Å². The first-order chi connectivity index (χ1) is 20.1. The van der Waals surface area contributed by atoms with E-state index in [2.05, 4.69) is 15.3 Å². The summed E-state index contributed by atoms with van der Waals surface area (Å²) in [5.74, 6) is -4.62. The predicted octanol–water partition coefficient (Wildman–Crippen LogP) is 3.68. The van der Waals surface area contributed by atoms with Crippen molar-refractivity contribution >= 4 is 35.1 Å². The molecule has 2 aliphatic heterocycles. The van der Waals surface area contributed by atoms with E-state index in [0.717, 1.165) is 6.20 Å². The number of carbonyl (C=O) groups excluding carboxylic acids is 2. The van der Waals surface area contributed by atoms with Crippen molar-refractivity contribution in [3.63, 3.8) is 0 Å². The maximum atomic E-state index is 14.5. The van der Waals surface area contributed by atoms with Gasteiger partial charge in [0.25, 0.3) is 5.92 Å². The minimum atomic E-state index is -2.86. The monoisotopic (exact) mass is 600 g/mol. The van der Waals surface area contributed by atoms with Gasteiger partial charge in [-0.2, -0.15) is 5.26 Å². The standard InChI is InChI=1S/C28H24ClF3N6O4/c29-20-4-2-1-3-19(20)23(25(39)36-17-9-28(31,32)10-17)37(18-8-16(30)12-34-13-18)26-24(42-26)21-14-41-27(40)38(21)22-7-15(11-33)5-6-35-22/h1-8,12-13,17,19-21,23-24,26H,9-10,14H2,(H,36,39)/t19?,20?,21-,23-,24?,26?/m0/s1. The van der Waals surface area contributed by atoms with Crippen LogP contribution < -0.4 is 15.1 Å². The average Bonchev–Trinajstić information content (AvgIpc) is 3.63. The first-order valence-corrected chi connectivity index (χ1v) is 13.6. The third-order valence-corrected chi connectivity index (χ3v) is 8.08. The molecule has 14 heteroatoms. The largest absolute Gasteiger partial charge is 0.447 e. The van der Waals surface area contributed by atoms with Crippen molar-refractivity contribution in [1.82, 2.24) is 15.3 Å². The van der Waals surface area contributed by atoms with E-state index in [0.29, 0.717) is 0 Å². The highest BCUT2D eigenvalue weighted by Crippen LogP contribution is 2.42. The number of aromatic nitrogens is 2. The summed E-state index contributed by atoms with van der Waals surface area (Å²) in [5, 5.41) is 11.3. The number of anilines is 2. The maximum Gasteiger partial charge on any atom is 0.416 e. The highest BCUT2D eigenvalue weighted by atomic mass is 35.5. The van der Waals surface area contributed by atoms with E-state index in [-0.39, 0.29) is 23.7 Å². The van der Waals surface area contributed by atoms with Crippen LogP contribution in [0.5, 0.6) is 0 Å². The van der Waals surface area contributed by atoms with Crippen molar-refractivity contribution in [2.45, 2.75) is 54.6 Å². The van der Waals surface area contributed by atoms with Gasteiger partial charge in [0, 0.05) is 37.1 Å². The van der Waals surface area contributed by atoms with Crippen LogP contribution in [0.1, 0.15) is 18.4 Å². The molecule has 0 bridgehead atoms. The molecule has 4 aliphatic rings. The minimum Gasteiger partial charge on any atom is -0.447 e. The van der Waals surface area contributed by atoms with E-state index < -0.39 is 78.3 Å². The molecule has 0 spiro atoms. The normalized spacial score (nSPS) is 28.4. The average molecular weight is 601 g/mol. The molecule has 2 aromatic heterocycles. The minimum absolute atomic E-state index is 0.0775. The first kappa shape index (κ1) is 28.0. The molecule has 2 amide bonds. The fraction of sp³-hybridized carbons (Fsp3) is 0.393. The van der Waals surface area contributed by atoms with Crippen LogP contribution in [-0.4, -0.2) is 70.3 Å². The summed E-state index contributed by atoms with van der Waals surface area (Å²) >= 11 is 6.65. The number of carbonyl (C=O) groups is 2. The van der Waals surface area contributed by atoms with Crippen molar-refractivity contribution in [2.24, 2.45) is 5.92 Å². The number of nitriles is 1. The van der Waals surface area contributed by atoms with Gasteiger partial charge in [0.05, 0.1) is 35.1 Å². The molecule has 6 rings (SSSR count). The van der Waals surface area contributed by atoms with E-state index in [9.17, 15) is 28.0 Å². The SMILES string of the molecule is N#Cc1ccnc(N2C(=O)OC[C@H]2C2OC2N(c2cncc(F)c2)[C@H](C(=O)NC2CC(F)(F)C2)C2C=CC=CC2Cl)c1. The Balaban J connectivity index is 1.35. The maximum absolute atomic E-state index is 14.5. The summed E-state index contributed by atoms with van der Waals surface area (Å²) in [5.41, 5.74) is 0.470. The van der Waals surface area contributed by atoms with Crippen LogP contribution in [0.25, 0.3) is 0 Å². The predicted molar refractivity (Wildman–Crippen MR) is 143 cm³/mol. The summed E-state index contributed by atoms with van der Waals surface area (Å²) in [4.78, 5) is 37.6. The first-order valence-electron chi connectivity index (χ1n) is 13.2. The van der Waals surface area contributed by atoms with Gasteiger partial charge in [-0.15, -0.1) is 11.6 Å². The Labute approximate surface area is 243 Å². The van der Waals surface area contributed by atoms with Crippen LogP contribution in [0.3, 0.4) is 0 Å². The van der Waals surface area contributed by atoms with E-state index in [1.165, 1.54) is 40.4 Å². The second-order valence-electron chi connectivity index (χ2n) is 10.5. The number of ether oxygens (including phenoxy) is 2. The van der Waals surface area contributed by atoms with Crippen molar-refractivity contribution in [3.8, 4) is 6.07 Å². The number of hydrogen-bond acceptors (Lipinski definition) is 8. The molecule has 4 unspecified atom stereocenters. The lowest BCUT2D eigenvalue weighted by Gasteiger charge is -2.41. The van der Waals surface area contributed by atoms with Crippen LogP contribution >= 0.6 is 11.6 Å². The van der Waals surface area contributed by atoms with Gasteiger partial charge in [0.2, 0.25) is 5.91 Å². The molecule has 0 radical (unpaired) electrons. The van der Waals surface area contributed by atoms with Gasteiger partial charge in [0.15, 0.2) is 6.23 Å². The highest BCUT2D eigenvalue weighted by molar-refractivity contribution is 6.22. The summed E-state index contributed by atoms with van der Waals surface area (Å²) in [7, 11) is 0. The Hall–Kier alpha value is -4.15. The summed E-state index contributed by atoms with van der Waals surface area (Å²) in [6, 6.07) is 3.52. The lowest BCUT2D eigenvalue weighted by molar-refractivity contribution is -0.131. The second-order valence-corrected chi connectivity index (χ2v) is 11.0. The van der Waals surface area contributed by atoms with Gasteiger partial charge >= 0.3 is 6.09 Å². The Bertz CT molecular complexity index is 1490. The van der Waals surface area contributed by atoms with E-state index in [1.54, 1.807) is 24.3 Å². The smallest absolute Gasteiger partial charge is 0.416 e. The summed E-state index contributed by atoms with van der Waals surface area (Å²) < 4.78 is 53.1. The number of amides is 2. The van der Waals surface area contributed by atoms with E-state index in [4.69, 9.17) is 21.1 Å². The van der Waals surface area contributed by atoms with Crippen molar-refractivity contribution in [3.05, 3.63) is 72.5 Å².